The Morgan fingerprint density at radius 1 is 0.971 bits per heavy atom. The number of hydrogen-bond donors (Lipinski definition) is 1. The molecule has 0 radical (unpaired) electrons. The lowest BCUT2D eigenvalue weighted by Gasteiger charge is -2.29. The van der Waals surface area contributed by atoms with E-state index in [0.717, 1.165) is 34.9 Å². The van der Waals surface area contributed by atoms with Crippen molar-refractivity contribution in [2.45, 2.75) is 52.1 Å². The van der Waals surface area contributed by atoms with E-state index in [-0.39, 0.29) is 24.1 Å². The Hall–Kier alpha value is -3.67. The first-order valence-corrected chi connectivity index (χ1v) is 12.5. The summed E-state index contributed by atoms with van der Waals surface area (Å²) in [5.41, 5.74) is 2.60. The molecule has 182 valence electrons. The molecular formula is C29H33N3O3. The van der Waals surface area contributed by atoms with E-state index in [0.29, 0.717) is 31.6 Å². The summed E-state index contributed by atoms with van der Waals surface area (Å²) in [5.74, 6) is -0.247. The second-order valence-electron chi connectivity index (χ2n) is 9.07. The zero-order chi connectivity index (χ0) is 24.8. The molecule has 1 aliphatic rings. The van der Waals surface area contributed by atoms with Gasteiger partial charge in [-0.15, -0.1) is 0 Å². The molecule has 0 bridgehead atoms. The van der Waals surface area contributed by atoms with Crippen molar-refractivity contribution in [3.63, 3.8) is 0 Å². The lowest BCUT2D eigenvalue weighted by Crippen LogP contribution is -2.47. The molecule has 6 heteroatoms. The normalized spacial score (nSPS) is 13.2. The first kappa shape index (κ1) is 24.5. The Kier molecular flexibility index (Phi) is 7.80. The quantitative estimate of drug-likeness (QED) is 0.404. The van der Waals surface area contributed by atoms with Crippen LogP contribution in [0.3, 0.4) is 0 Å². The highest BCUT2D eigenvalue weighted by Crippen LogP contribution is 2.37. The maximum atomic E-state index is 13.3. The van der Waals surface area contributed by atoms with E-state index in [1.807, 2.05) is 66.7 Å². The van der Waals surface area contributed by atoms with Gasteiger partial charge < -0.3 is 15.1 Å². The van der Waals surface area contributed by atoms with Crippen molar-refractivity contribution in [1.29, 1.82) is 0 Å². The molecule has 0 aliphatic carbocycles. The fourth-order valence-electron chi connectivity index (χ4n) is 4.63. The van der Waals surface area contributed by atoms with Gasteiger partial charge in [0.05, 0.1) is 5.69 Å². The first-order chi connectivity index (χ1) is 17.0. The predicted octanol–water partition coefficient (Wildman–Crippen LogP) is 4.91. The highest BCUT2D eigenvalue weighted by Gasteiger charge is 2.30. The highest BCUT2D eigenvalue weighted by molar-refractivity contribution is 6.25. The van der Waals surface area contributed by atoms with Crippen LogP contribution in [0.2, 0.25) is 0 Å². The van der Waals surface area contributed by atoms with Crippen LogP contribution in [0.15, 0.2) is 66.7 Å². The summed E-state index contributed by atoms with van der Waals surface area (Å²) in [5, 5.41) is 4.97. The van der Waals surface area contributed by atoms with Gasteiger partial charge in [0.25, 0.3) is 5.91 Å². The van der Waals surface area contributed by atoms with Gasteiger partial charge in [0, 0.05) is 37.0 Å². The molecule has 3 amide bonds. The number of benzene rings is 3. The molecule has 0 spiro atoms. The van der Waals surface area contributed by atoms with Crippen molar-refractivity contribution >= 4 is 34.2 Å². The van der Waals surface area contributed by atoms with Crippen molar-refractivity contribution in [1.82, 2.24) is 10.2 Å². The monoisotopic (exact) mass is 471 g/mol. The second-order valence-corrected chi connectivity index (χ2v) is 9.07. The number of rotatable bonds is 11. The second kappa shape index (κ2) is 11.2. The SMILES string of the molecule is CCCCNC(=O)[C@@H](C)N(Cc1ccccc1)C(=O)CCCN1C(=O)c2cccc3cccc1c23. The molecule has 35 heavy (non-hydrogen) atoms. The first-order valence-electron chi connectivity index (χ1n) is 12.5. The van der Waals surface area contributed by atoms with Gasteiger partial charge in [-0.25, -0.2) is 0 Å². The highest BCUT2D eigenvalue weighted by atomic mass is 16.2. The van der Waals surface area contributed by atoms with Gasteiger partial charge >= 0.3 is 0 Å². The van der Waals surface area contributed by atoms with E-state index >= 15 is 0 Å². The van der Waals surface area contributed by atoms with Crippen LogP contribution in [0.5, 0.6) is 0 Å². The number of amides is 3. The molecule has 3 aromatic rings. The minimum Gasteiger partial charge on any atom is -0.354 e. The topological polar surface area (TPSA) is 69.7 Å². The van der Waals surface area contributed by atoms with Crippen molar-refractivity contribution in [3.8, 4) is 0 Å². The van der Waals surface area contributed by atoms with Gasteiger partial charge in [0.2, 0.25) is 11.8 Å². The molecule has 1 N–H and O–H groups in total. The maximum Gasteiger partial charge on any atom is 0.258 e. The lowest BCUT2D eigenvalue weighted by molar-refractivity contribution is -0.140. The largest absolute Gasteiger partial charge is 0.354 e. The minimum atomic E-state index is -0.578. The smallest absolute Gasteiger partial charge is 0.258 e. The Bertz CT molecular complexity index is 1200. The maximum absolute atomic E-state index is 13.3. The molecule has 0 unspecified atom stereocenters. The molecular weight excluding hydrogens is 438 g/mol. The van der Waals surface area contributed by atoms with Crippen LogP contribution < -0.4 is 10.2 Å². The van der Waals surface area contributed by atoms with Crippen molar-refractivity contribution in [2.75, 3.05) is 18.0 Å². The predicted molar refractivity (Wildman–Crippen MR) is 139 cm³/mol. The molecule has 1 aliphatic heterocycles. The molecule has 6 nitrogen and oxygen atoms in total. The Morgan fingerprint density at radius 3 is 2.46 bits per heavy atom. The molecule has 0 aromatic heterocycles. The van der Waals surface area contributed by atoms with Crippen molar-refractivity contribution < 1.29 is 14.4 Å². The van der Waals surface area contributed by atoms with Gasteiger partial charge in [-0.2, -0.15) is 0 Å². The fraction of sp³-hybridized carbons (Fsp3) is 0.345. The fourth-order valence-corrected chi connectivity index (χ4v) is 4.63. The number of anilines is 1. The number of nitrogens with one attached hydrogen (secondary N) is 1. The van der Waals surface area contributed by atoms with Crippen molar-refractivity contribution in [2.24, 2.45) is 0 Å². The van der Waals surface area contributed by atoms with Gasteiger partial charge in [0.1, 0.15) is 6.04 Å². The van der Waals surface area contributed by atoms with Crippen LogP contribution in [-0.4, -0.2) is 41.8 Å². The third-order valence-electron chi connectivity index (χ3n) is 6.61. The molecule has 0 fully saturated rings. The van der Waals surface area contributed by atoms with Crippen LogP contribution in [0.25, 0.3) is 10.8 Å². The standard InChI is InChI=1S/C29H33N3O3/c1-3-4-18-30-28(34)21(2)32(20-22-11-6-5-7-12-22)26(33)17-10-19-31-25-16-9-14-23-13-8-15-24(27(23)25)29(31)35/h5-9,11-16,21H,3-4,10,17-20H2,1-2H3,(H,30,34)/t21-/m1/s1. The van der Waals surface area contributed by atoms with Crippen LogP contribution in [0, 0.1) is 0 Å². The zero-order valence-corrected chi connectivity index (χ0v) is 20.5. The van der Waals surface area contributed by atoms with Gasteiger partial charge in [-0.3, -0.25) is 14.4 Å². The average molecular weight is 472 g/mol. The van der Waals surface area contributed by atoms with Crippen molar-refractivity contribution in [3.05, 3.63) is 77.9 Å². The molecule has 1 atom stereocenters. The van der Waals surface area contributed by atoms with Gasteiger partial charge in [-0.1, -0.05) is 67.9 Å². The molecule has 0 saturated heterocycles. The van der Waals surface area contributed by atoms with E-state index in [1.165, 1.54) is 0 Å². The number of nitrogens with zero attached hydrogens (tertiary/aromatic N) is 2. The Balaban J connectivity index is 1.43. The molecule has 1 heterocycles. The number of carbonyl (C=O) groups is 3. The van der Waals surface area contributed by atoms with Gasteiger partial charge in [0.15, 0.2) is 0 Å². The summed E-state index contributed by atoms with van der Waals surface area (Å²) in [6.07, 6.45) is 2.68. The molecule has 4 rings (SSSR count). The Labute approximate surface area is 206 Å². The Morgan fingerprint density at radius 2 is 1.71 bits per heavy atom. The number of carbonyl (C=O) groups excluding carboxylic acids is 3. The van der Waals surface area contributed by atoms with Gasteiger partial charge in [-0.05, 0) is 42.8 Å². The third kappa shape index (κ3) is 5.37. The molecule has 3 aromatic carbocycles. The molecule has 0 saturated carbocycles. The summed E-state index contributed by atoms with van der Waals surface area (Å²) >= 11 is 0. The number of hydrogen-bond acceptors (Lipinski definition) is 3. The summed E-state index contributed by atoms with van der Waals surface area (Å²) in [6, 6.07) is 20.8. The summed E-state index contributed by atoms with van der Waals surface area (Å²) in [7, 11) is 0. The number of unbranched alkanes of at least 4 members (excludes halogenated alkanes) is 1. The third-order valence-corrected chi connectivity index (χ3v) is 6.61. The van der Waals surface area contributed by atoms with E-state index in [4.69, 9.17) is 0 Å². The summed E-state index contributed by atoms with van der Waals surface area (Å²) in [4.78, 5) is 42.5. The summed E-state index contributed by atoms with van der Waals surface area (Å²) < 4.78 is 0. The lowest BCUT2D eigenvalue weighted by atomic mass is 10.1. The van der Waals surface area contributed by atoms with Crippen LogP contribution in [0.1, 0.15) is 55.5 Å². The minimum absolute atomic E-state index is 0.0194. The van der Waals surface area contributed by atoms with E-state index in [2.05, 4.69) is 12.2 Å². The van der Waals surface area contributed by atoms with Crippen LogP contribution in [-0.2, 0) is 16.1 Å². The van der Waals surface area contributed by atoms with E-state index in [1.54, 1.807) is 16.7 Å². The van der Waals surface area contributed by atoms with Crippen LogP contribution in [0.4, 0.5) is 5.69 Å². The zero-order valence-electron chi connectivity index (χ0n) is 20.5. The van der Waals surface area contributed by atoms with E-state index in [9.17, 15) is 14.4 Å². The average Bonchev–Trinajstić information content (AvgIpc) is 3.15. The summed E-state index contributed by atoms with van der Waals surface area (Å²) in [6.45, 7) is 5.29. The van der Waals surface area contributed by atoms with E-state index < -0.39 is 6.04 Å². The van der Waals surface area contributed by atoms with Crippen LogP contribution >= 0.6 is 0 Å².